The topological polar surface area (TPSA) is 72.7 Å². The second kappa shape index (κ2) is 8.05. The molecule has 0 spiro atoms. The normalized spacial score (nSPS) is 18.9. The number of furan rings is 1. The van der Waals surface area contributed by atoms with Crippen molar-refractivity contribution in [1.82, 2.24) is 14.9 Å². The first-order valence-electron chi connectivity index (χ1n) is 7.77. The molecule has 1 fully saturated rings. The van der Waals surface area contributed by atoms with Gasteiger partial charge in [-0.2, -0.15) is 0 Å². The van der Waals surface area contributed by atoms with Crippen LogP contribution < -0.4 is 5.32 Å². The number of aromatic nitrogens is 2. The summed E-state index contributed by atoms with van der Waals surface area (Å²) in [5, 5.41) is 3.23. The molecule has 0 amide bonds. The van der Waals surface area contributed by atoms with Crippen LogP contribution in [-0.2, 0) is 16.0 Å². The van der Waals surface area contributed by atoms with Gasteiger partial charge in [-0.05, 0) is 18.2 Å². The molecule has 7 nitrogen and oxygen atoms in total. The fraction of sp³-hybridized carbons (Fsp3) is 0.500. The Morgan fingerprint density at radius 3 is 3.22 bits per heavy atom. The summed E-state index contributed by atoms with van der Waals surface area (Å²) in [5.74, 6) is 2.50. The molecule has 0 unspecified atom stereocenters. The largest absolute Gasteiger partial charge is 0.468 e. The van der Waals surface area contributed by atoms with Gasteiger partial charge in [-0.1, -0.05) is 0 Å². The molecule has 1 aliphatic heterocycles. The number of nitrogens with one attached hydrogen (secondary N) is 1. The molecular weight excluding hydrogens is 296 g/mol. The maximum atomic E-state index is 5.63. The van der Waals surface area contributed by atoms with E-state index in [9.17, 15) is 0 Å². The minimum atomic E-state index is 0.0259. The highest BCUT2D eigenvalue weighted by atomic mass is 16.5. The zero-order chi connectivity index (χ0) is 15.9. The van der Waals surface area contributed by atoms with Crippen LogP contribution in [-0.4, -0.2) is 54.9 Å². The van der Waals surface area contributed by atoms with E-state index >= 15 is 0 Å². The first-order chi connectivity index (χ1) is 11.4. The highest BCUT2D eigenvalue weighted by Crippen LogP contribution is 2.24. The number of morpholine rings is 1. The Morgan fingerprint density at radius 2 is 2.39 bits per heavy atom. The summed E-state index contributed by atoms with van der Waals surface area (Å²) in [4.78, 5) is 11.3. The zero-order valence-electron chi connectivity index (χ0n) is 13.3. The molecule has 0 saturated carbocycles. The molecule has 0 aromatic carbocycles. The van der Waals surface area contributed by atoms with Crippen LogP contribution in [0.2, 0.25) is 0 Å². The quantitative estimate of drug-likeness (QED) is 0.779. The number of hydrogen-bond acceptors (Lipinski definition) is 7. The number of anilines is 1. The Hall–Kier alpha value is -1.96. The Balaban J connectivity index is 1.70. The summed E-state index contributed by atoms with van der Waals surface area (Å²) in [6, 6.07) is 5.77. The van der Waals surface area contributed by atoms with E-state index in [4.69, 9.17) is 13.9 Å². The third-order valence-electron chi connectivity index (χ3n) is 3.76. The number of hydrogen-bond donors (Lipinski definition) is 1. The van der Waals surface area contributed by atoms with Crippen LogP contribution in [0.25, 0.3) is 0 Å². The smallest absolute Gasteiger partial charge is 0.150 e. The summed E-state index contributed by atoms with van der Waals surface area (Å²) in [6.07, 6.45) is 3.47. The molecule has 1 N–H and O–H groups in total. The molecule has 0 bridgehead atoms. The lowest BCUT2D eigenvalue weighted by molar-refractivity contribution is -0.0185. The molecule has 1 atom stereocenters. The first kappa shape index (κ1) is 15.9. The first-order valence-corrected chi connectivity index (χ1v) is 7.77. The van der Waals surface area contributed by atoms with E-state index in [1.165, 1.54) is 0 Å². The predicted octanol–water partition coefficient (Wildman–Crippen LogP) is 1.70. The monoisotopic (exact) mass is 318 g/mol. The van der Waals surface area contributed by atoms with E-state index in [-0.39, 0.29) is 6.04 Å². The Labute approximate surface area is 135 Å². The van der Waals surface area contributed by atoms with E-state index < -0.39 is 0 Å². The van der Waals surface area contributed by atoms with Gasteiger partial charge in [0, 0.05) is 26.4 Å². The minimum absolute atomic E-state index is 0.0259. The van der Waals surface area contributed by atoms with Crippen LogP contribution in [0.5, 0.6) is 0 Å². The third-order valence-corrected chi connectivity index (χ3v) is 3.76. The van der Waals surface area contributed by atoms with Crippen molar-refractivity contribution in [2.75, 3.05) is 45.3 Å². The van der Waals surface area contributed by atoms with Crippen LogP contribution in [0.4, 0.5) is 5.82 Å². The van der Waals surface area contributed by atoms with Gasteiger partial charge in [-0.15, -0.1) is 0 Å². The summed E-state index contributed by atoms with van der Waals surface area (Å²) in [6.45, 7) is 4.20. The molecule has 124 valence electrons. The number of rotatable bonds is 7. The zero-order valence-corrected chi connectivity index (χ0v) is 13.3. The van der Waals surface area contributed by atoms with Gasteiger partial charge in [-0.25, -0.2) is 9.97 Å². The van der Waals surface area contributed by atoms with E-state index in [1.807, 2.05) is 18.2 Å². The maximum absolute atomic E-state index is 5.63. The fourth-order valence-corrected chi connectivity index (χ4v) is 2.58. The lowest BCUT2D eigenvalue weighted by atomic mass is 10.2. The van der Waals surface area contributed by atoms with Crippen molar-refractivity contribution in [3.63, 3.8) is 0 Å². The van der Waals surface area contributed by atoms with Crippen molar-refractivity contribution in [3.05, 3.63) is 42.2 Å². The Bertz CT molecular complexity index is 591. The maximum Gasteiger partial charge on any atom is 0.150 e. The van der Waals surface area contributed by atoms with Crippen LogP contribution in [0.15, 0.2) is 35.1 Å². The van der Waals surface area contributed by atoms with Crippen molar-refractivity contribution in [2.45, 2.75) is 12.6 Å². The molecular formula is C16H22N4O3. The summed E-state index contributed by atoms with van der Waals surface area (Å²) in [7, 11) is 1.68. The fourth-order valence-electron chi connectivity index (χ4n) is 2.58. The second-order valence-electron chi connectivity index (χ2n) is 5.36. The molecule has 3 rings (SSSR count). The van der Waals surface area contributed by atoms with Crippen molar-refractivity contribution < 1.29 is 13.9 Å². The van der Waals surface area contributed by atoms with Crippen molar-refractivity contribution >= 4 is 5.82 Å². The minimum Gasteiger partial charge on any atom is -0.468 e. The standard InChI is InChI=1S/C16H22N4O3/c1-21-9-6-17-15-4-5-18-16(19-15)14-12-22-10-7-20(14)11-13-3-2-8-23-13/h2-5,8,14H,6-7,9-12H2,1H3,(H,17,18,19)/t14-/m0/s1. The number of ether oxygens (including phenoxy) is 2. The molecule has 1 aliphatic rings. The van der Waals surface area contributed by atoms with Crippen molar-refractivity contribution in [2.24, 2.45) is 0 Å². The average molecular weight is 318 g/mol. The molecule has 23 heavy (non-hydrogen) atoms. The second-order valence-corrected chi connectivity index (χ2v) is 5.36. The van der Waals surface area contributed by atoms with E-state index in [1.54, 1.807) is 19.6 Å². The van der Waals surface area contributed by atoms with Gasteiger partial charge in [0.25, 0.3) is 0 Å². The lowest BCUT2D eigenvalue weighted by Gasteiger charge is -2.33. The summed E-state index contributed by atoms with van der Waals surface area (Å²) in [5.41, 5.74) is 0. The number of methoxy groups -OCH3 is 1. The molecule has 3 heterocycles. The van der Waals surface area contributed by atoms with Gasteiger partial charge in [0.05, 0.1) is 38.7 Å². The summed E-state index contributed by atoms with van der Waals surface area (Å²) >= 11 is 0. The van der Waals surface area contributed by atoms with Crippen molar-refractivity contribution in [1.29, 1.82) is 0 Å². The number of nitrogens with zero attached hydrogens (tertiary/aromatic N) is 3. The van der Waals surface area contributed by atoms with Gasteiger partial charge in [0.2, 0.25) is 0 Å². The molecule has 7 heteroatoms. The van der Waals surface area contributed by atoms with Gasteiger partial charge < -0.3 is 19.2 Å². The molecule has 2 aromatic heterocycles. The van der Waals surface area contributed by atoms with Crippen molar-refractivity contribution in [3.8, 4) is 0 Å². The molecule has 2 aromatic rings. The average Bonchev–Trinajstić information content (AvgIpc) is 3.09. The Kier molecular flexibility index (Phi) is 5.57. The van der Waals surface area contributed by atoms with E-state index in [0.29, 0.717) is 26.4 Å². The van der Waals surface area contributed by atoms with Crippen LogP contribution in [0.1, 0.15) is 17.6 Å². The highest BCUT2D eigenvalue weighted by molar-refractivity contribution is 5.33. The van der Waals surface area contributed by atoms with Crippen LogP contribution in [0, 0.1) is 0 Å². The van der Waals surface area contributed by atoms with Gasteiger partial charge in [-0.3, -0.25) is 4.90 Å². The molecule has 1 saturated heterocycles. The van der Waals surface area contributed by atoms with Gasteiger partial charge in [0.15, 0.2) is 0 Å². The molecule has 0 aliphatic carbocycles. The van der Waals surface area contributed by atoms with Gasteiger partial charge >= 0.3 is 0 Å². The van der Waals surface area contributed by atoms with E-state index in [0.717, 1.165) is 30.5 Å². The van der Waals surface area contributed by atoms with E-state index in [2.05, 4.69) is 20.2 Å². The van der Waals surface area contributed by atoms with Crippen LogP contribution >= 0.6 is 0 Å². The Morgan fingerprint density at radius 1 is 1.43 bits per heavy atom. The third kappa shape index (κ3) is 4.28. The SMILES string of the molecule is COCCNc1ccnc([C@@H]2COCCN2Cc2ccco2)n1. The van der Waals surface area contributed by atoms with Crippen LogP contribution in [0.3, 0.4) is 0 Å². The van der Waals surface area contributed by atoms with Gasteiger partial charge in [0.1, 0.15) is 17.4 Å². The lowest BCUT2D eigenvalue weighted by Crippen LogP contribution is -2.39. The highest BCUT2D eigenvalue weighted by Gasteiger charge is 2.27. The predicted molar refractivity (Wildman–Crippen MR) is 85.1 cm³/mol. The summed E-state index contributed by atoms with van der Waals surface area (Å²) < 4.78 is 16.1. The molecule has 0 radical (unpaired) electrons.